The molecule has 0 aliphatic carbocycles. The third kappa shape index (κ3) is 3.28. The molecule has 2 aromatic heterocycles. The van der Waals surface area contributed by atoms with Crippen LogP contribution in [0, 0.1) is 6.92 Å². The van der Waals surface area contributed by atoms with Crippen LogP contribution in [-0.4, -0.2) is 62.0 Å². The fourth-order valence-corrected chi connectivity index (χ4v) is 4.06. The number of nitrogens with zero attached hydrogens (tertiary/aromatic N) is 5. The number of aryl methyl sites for hydroxylation is 1. The molecule has 9 heteroatoms. The summed E-state index contributed by atoms with van der Waals surface area (Å²) in [5.41, 5.74) is -0.652. The molecular formula is C18H22F3N5O. The first-order chi connectivity index (χ1) is 12.7. The quantitative estimate of drug-likeness (QED) is 0.803. The minimum atomic E-state index is -4.56. The van der Waals surface area contributed by atoms with Crippen LogP contribution >= 0.6 is 0 Å². The van der Waals surface area contributed by atoms with Crippen molar-refractivity contribution in [1.82, 2.24) is 24.4 Å². The van der Waals surface area contributed by atoms with Gasteiger partial charge >= 0.3 is 6.18 Å². The Balaban J connectivity index is 1.53. The van der Waals surface area contributed by atoms with Gasteiger partial charge in [0.05, 0.1) is 0 Å². The zero-order valence-corrected chi connectivity index (χ0v) is 15.3. The van der Waals surface area contributed by atoms with Gasteiger partial charge in [0.2, 0.25) is 0 Å². The van der Waals surface area contributed by atoms with Gasteiger partial charge in [-0.2, -0.15) is 18.3 Å². The van der Waals surface area contributed by atoms with E-state index in [4.69, 9.17) is 0 Å². The van der Waals surface area contributed by atoms with E-state index in [0.717, 1.165) is 12.6 Å². The van der Waals surface area contributed by atoms with Gasteiger partial charge in [-0.15, -0.1) is 0 Å². The molecule has 2 aliphatic rings. The molecule has 0 radical (unpaired) electrons. The maximum atomic E-state index is 13.2. The Hall–Kier alpha value is -2.16. The van der Waals surface area contributed by atoms with Crippen molar-refractivity contribution in [2.75, 3.05) is 19.6 Å². The normalized spacial score (nSPS) is 22.3. The van der Waals surface area contributed by atoms with Crippen LogP contribution in [0.1, 0.15) is 48.1 Å². The summed E-state index contributed by atoms with van der Waals surface area (Å²) in [5.74, 6) is -0.341. The van der Waals surface area contributed by atoms with Crippen molar-refractivity contribution in [1.29, 1.82) is 0 Å². The van der Waals surface area contributed by atoms with Gasteiger partial charge in [0.15, 0.2) is 11.3 Å². The smallest absolute Gasteiger partial charge is 0.334 e. The molecule has 2 saturated heterocycles. The number of fused-ring (bicyclic) bond motifs is 1. The lowest BCUT2D eigenvalue weighted by Gasteiger charge is -2.49. The first-order valence-electron chi connectivity index (χ1n) is 9.23. The van der Waals surface area contributed by atoms with Gasteiger partial charge < -0.3 is 4.90 Å². The first-order valence-corrected chi connectivity index (χ1v) is 9.23. The van der Waals surface area contributed by atoms with Gasteiger partial charge in [0.25, 0.3) is 5.91 Å². The topological polar surface area (TPSA) is 53.7 Å². The van der Waals surface area contributed by atoms with E-state index in [-0.39, 0.29) is 22.9 Å². The second kappa shape index (κ2) is 6.47. The number of hydrogen-bond acceptors (Lipinski definition) is 4. The number of likely N-dealkylation sites (tertiary alicyclic amines) is 2. The number of carbonyl (C=O) groups is 1. The molecule has 0 unspecified atom stereocenters. The lowest BCUT2D eigenvalue weighted by atomic mass is 9.97. The number of carbonyl (C=O) groups excluding carboxylic acids is 1. The average Bonchev–Trinajstić information content (AvgIpc) is 2.97. The zero-order valence-electron chi connectivity index (χ0n) is 15.3. The Kier molecular flexibility index (Phi) is 4.37. The van der Waals surface area contributed by atoms with Gasteiger partial charge in [0, 0.05) is 36.9 Å². The highest BCUT2D eigenvalue weighted by atomic mass is 19.4. The lowest BCUT2D eigenvalue weighted by Crippen LogP contribution is -2.63. The minimum absolute atomic E-state index is 0.00347. The van der Waals surface area contributed by atoms with E-state index in [1.165, 1.54) is 32.3 Å². The highest BCUT2D eigenvalue weighted by molar-refractivity contribution is 5.94. The van der Waals surface area contributed by atoms with Crippen LogP contribution in [0.3, 0.4) is 0 Å². The molecule has 0 N–H and O–H groups in total. The van der Waals surface area contributed by atoms with Crippen LogP contribution in [0.25, 0.3) is 5.65 Å². The predicted octanol–water partition coefficient (Wildman–Crippen LogP) is 2.76. The number of rotatable bonds is 2. The number of aromatic nitrogens is 3. The maximum absolute atomic E-state index is 13.2. The predicted molar refractivity (Wildman–Crippen MR) is 92.4 cm³/mol. The summed E-state index contributed by atoms with van der Waals surface area (Å²) in [6, 6.07) is 3.11. The van der Waals surface area contributed by atoms with Crippen LogP contribution in [0.15, 0.2) is 12.1 Å². The van der Waals surface area contributed by atoms with Crippen molar-refractivity contribution in [3.63, 3.8) is 0 Å². The molecule has 0 bridgehead atoms. The molecule has 1 atom stereocenters. The Bertz CT molecular complexity index is 872. The van der Waals surface area contributed by atoms with Crippen molar-refractivity contribution in [3.05, 3.63) is 29.2 Å². The molecule has 27 heavy (non-hydrogen) atoms. The second-order valence-corrected chi connectivity index (χ2v) is 7.53. The summed E-state index contributed by atoms with van der Waals surface area (Å²) >= 11 is 0. The number of hydrogen-bond donors (Lipinski definition) is 0. The summed E-state index contributed by atoms with van der Waals surface area (Å²) in [6.07, 6.45) is -0.985. The van der Waals surface area contributed by atoms with E-state index < -0.39 is 11.9 Å². The molecule has 6 nitrogen and oxygen atoms in total. The number of halogens is 3. The summed E-state index contributed by atoms with van der Waals surface area (Å²) in [7, 11) is 0. The van der Waals surface area contributed by atoms with Crippen LogP contribution < -0.4 is 0 Å². The largest absolute Gasteiger partial charge is 0.433 e. The molecule has 2 aliphatic heterocycles. The summed E-state index contributed by atoms with van der Waals surface area (Å²) < 4.78 is 40.5. The molecule has 4 heterocycles. The molecule has 146 valence electrons. The number of amides is 1. The van der Waals surface area contributed by atoms with Crippen LogP contribution in [0.4, 0.5) is 13.2 Å². The fraction of sp³-hybridized carbons (Fsp3) is 0.611. The first kappa shape index (κ1) is 18.2. The van der Waals surface area contributed by atoms with Gasteiger partial charge in [-0.25, -0.2) is 9.50 Å². The maximum Gasteiger partial charge on any atom is 0.433 e. The van der Waals surface area contributed by atoms with Gasteiger partial charge in [0.1, 0.15) is 5.69 Å². The SMILES string of the molecule is Cc1cc(C(F)(F)F)n2nc(C(=O)N3CC(N4CCCC[C@H]4C)C3)cc2n1. The molecule has 0 aromatic carbocycles. The Morgan fingerprint density at radius 1 is 1.22 bits per heavy atom. The van der Waals surface area contributed by atoms with E-state index in [1.807, 2.05) is 0 Å². The summed E-state index contributed by atoms with van der Waals surface area (Å²) in [5, 5.41) is 3.90. The van der Waals surface area contributed by atoms with Gasteiger partial charge in [-0.3, -0.25) is 9.69 Å². The average molecular weight is 381 g/mol. The van der Waals surface area contributed by atoms with Crippen molar-refractivity contribution >= 4 is 11.6 Å². The standard InChI is InChI=1S/C18H22F3N5O/c1-11-7-15(18(19,20)21)26-16(22-11)8-14(23-26)17(27)24-9-13(10-24)25-6-4-3-5-12(25)2/h7-8,12-13H,3-6,9-10H2,1-2H3/t12-/m1/s1. The third-order valence-electron chi connectivity index (χ3n) is 5.54. The van der Waals surface area contributed by atoms with Crippen LogP contribution in [-0.2, 0) is 6.18 Å². The second-order valence-electron chi connectivity index (χ2n) is 7.53. The van der Waals surface area contributed by atoms with E-state index in [1.54, 1.807) is 4.90 Å². The van der Waals surface area contributed by atoms with Gasteiger partial charge in [-0.05, 0) is 39.3 Å². The minimum Gasteiger partial charge on any atom is -0.334 e. The molecule has 1 amide bonds. The monoisotopic (exact) mass is 381 g/mol. The molecule has 2 aromatic rings. The number of piperidine rings is 1. The fourth-order valence-electron chi connectivity index (χ4n) is 4.06. The summed E-state index contributed by atoms with van der Waals surface area (Å²) in [4.78, 5) is 20.8. The zero-order chi connectivity index (χ0) is 19.3. The molecule has 4 rings (SSSR count). The third-order valence-corrected chi connectivity index (χ3v) is 5.54. The van der Waals surface area contributed by atoms with Crippen molar-refractivity contribution in [2.45, 2.75) is 51.4 Å². The highest BCUT2D eigenvalue weighted by Gasteiger charge is 2.39. The van der Waals surface area contributed by atoms with Crippen LogP contribution in [0.5, 0.6) is 0 Å². The van der Waals surface area contributed by atoms with Crippen molar-refractivity contribution in [2.24, 2.45) is 0 Å². The molecular weight excluding hydrogens is 359 g/mol. The Morgan fingerprint density at radius 2 is 1.96 bits per heavy atom. The van der Waals surface area contributed by atoms with E-state index >= 15 is 0 Å². The Labute approximate surface area is 155 Å². The Morgan fingerprint density at radius 3 is 2.63 bits per heavy atom. The van der Waals surface area contributed by atoms with Crippen molar-refractivity contribution in [3.8, 4) is 0 Å². The molecule has 2 fully saturated rings. The molecule has 0 spiro atoms. The lowest BCUT2D eigenvalue weighted by molar-refractivity contribution is -0.142. The summed E-state index contributed by atoms with van der Waals surface area (Å²) in [6.45, 7) is 5.92. The highest BCUT2D eigenvalue weighted by Crippen LogP contribution is 2.30. The van der Waals surface area contributed by atoms with E-state index in [9.17, 15) is 18.0 Å². The van der Waals surface area contributed by atoms with Crippen LogP contribution in [0.2, 0.25) is 0 Å². The van der Waals surface area contributed by atoms with Crippen molar-refractivity contribution < 1.29 is 18.0 Å². The number of alkyl halides is 3. The van der Waals surface area contributed by atoms with Gasteiger partial charge in [-0.1, -0.05) is 6.42 Å². The van der Waals surface area contributed by atoms with E-state index in [2.05, 4.69) is 21.9 Å². The van der Waals surface area contributed by atoms with E-state index in [0.29, 0.717) is 29.7 Å². The molecule has 0 saturated carbocycles.